The third-order valence-electron chi connectivity index (χ3n) is 4.90. The number of amides is 1. The molecule has 1 N–H and O–H groups in total. The Balaban J connectivity index is 1.97. The molecule has 1 heterocycles. The van der Waals surface area contributed by atoms with Crippen molar-refractivity contribution in [3.8, 4) is 0 Å². The molecule has 0 aliphatic carbocycles. The molecule has 26 heavy (non-hydrogen) atoms. The molecule has 1 aromatic carbocycles. The number of aromatic nitrogens is 1. The maximum Gasteiger partial charge on any atom is 0.238 e. The Morgan fingerprint density at radius 1 is 1.12 bits per heavy atom. The summed E-state index contributed by atoms with van der Waals surface area (Å²) in [6.45, 7) is 11.3. The second-order valence-electron chi connectivity index (χ2n) is 6.92. The Hall–Kier alpha value is -2.40. The Morgan fingerprint density at radius 3 is 2.42 bits per heavy atom. The lowest BCUT2D eigenvalue weighted by molar-refractivity contribution is -0.116. The maximum atomic E-state index is 12.6. The Bertz CT molecular complexity index is 821. The van der Waals surface area contributed by atoms with E-state index in [1.165, 1.54) is 0 Å². The summed E-state index contributed by atoms with van der Waals surface area (Å²) >= 11 is 0. The first kappa shape index (κ1) is 19.9. The van der Waals surface area contributed by atoms with Crippen LogP contribution in [0.3, 0.4) is 0 Å². The minimum atomic E-state index is -0.118. The number of benzene rings is 1. The van der Waals surface area contributed by atoms with Crippen LogP contribution in [0.1, 0.15) is 39.8 Å². The molecule has 0 aliphatic heterocycles. The standard InChI is InChI=1S/C21H29N3O2/c1-7-24-15(3)11-18(17(24)5)20(25)12-23(6)13-21(26)22-19-10-8-9-14(2)16(19)4/h8-11H,7,12-13H2,1-6H3,(H,22,26). The molecule has 0 unspecified atom stereocenters. The van der Waals surface area contributed by atoms with E-state index >= 15 is 0 Å². The number of nitrogens with one attached hydrogen (secondary N) is 1. The predicted octanol–water partition coefficient (Wildman–Crippen LogP) is 3.49. The highest BCUT2D eigenvalue weighted by Crippen LogP contribution is 2.18. The van der Waals surface area contributed by atoms with Gasteiger partial charge in [-0.1, -0.05) is 12.1 Å². The molecule has 1 amide bonds. The zero-order valence-electron chi connectivity index (χ0n) is 16.6. The van der Waals surface area contributed by atoms with E-state index < -0.39 is 0 Å². The smallest absolute Gasteiger partial charge is 0.238 e. The van der Waals surface area contributed by atoms with Gasteiger partial charge >= 0.3 is 0 Å². The van der Waals surface area contributed by atoms with E-state index in [9.17, 15) is 9.59 Å². The fraction of sp³-hybridized carbons (Fsp3) is 0.429. The molecule has 0 atom stereocenters. The molecule has 1 aromatic heterocycles. The molecule has 0 saturated heterocycles. The van der Waals surface area contributed by atoms with Crippen LogP contribution in [0.2, 0.25) is 0 Å². The molecular formula is C21H29N3O2. The number of anilines is 1. The molecular weight excluding hydrogens is 326 g/mol. The first-order valence-corrected chi connectivity index (χ1v) is 8.99. The number of hydrogen-bond acceptors (Lipinski definition) is 3. The Kier molecular flexibility index (Phi) is 6.37. The summed E-state index contributed by atoms with van der Waals surface area (Å²) in [5, 5.41) is 2.93. The first-order chi connectivity index (χ1) is 12.2. The topological polar surface area (TPSA) is 54.3 Å². The van der Waals surface area contributed by atoms with Gasteiger partial charge in [0.05, 0.1) is 13.1 Å². The van der Waals surface area contributed by atoms with Crippen molar-refractivity contribution >= 4 is 17.4 Å². The van der Waals surface area contributed by atoms with E-state index in [1.807, 2.05) is 52.0 Å². The van der Waals surface area contributed by atoms with Crippen LogP contribution < -0.4 is 5.32 Å². The van der Waals surface area contributed by atoms with Crippen LogP contribution in [0.15, 0.2) is 24.3 Å². The minimum absolute atomic E-state index is 0.0415. The lowest BCUT2D eigenvalue weighted by Crippen LogP contribution is -2.34. The zero-order valence-corrected chi connectivity index (χ0v) is 16.6. The first-order valence-electron chi connectivity index (χ1n) is 8.99. The van der Waals surface area contributed by atoms with E-state index in [4.69, 9.17) is 0 Å². The highest BCUT2D eigenvalue weighted by molar-refractivity contribution is 5.99. The van der Waals surface area contributed by atoms with E-state index in [-0.39, 0.29) is 24.8 Å². The van der Waals surface area contributed by atoms with Crippen LogP contribution >= 0.6 is 0 Å². The van der Waals surface area contributed by atoms with Gasteiger partial charge in [0.15, 0.2) is 5.78 Å². The summed E-state index contributed by atoms with van der Waals surface area (Å²) in [4.78, 5) is 26.7. The van der Waals surface area contributed by atoms with Crippen molar-refractivity contribution in [2.75, 3.05) is 25.5 Å². The van der Waals surface area contributed by atoms with Gasteiger partial charge in [-0.05, 0) is 64.9 Å². The molecule has 0 fully saturated rings. The van der Waals surface area contributed by atoms with Gasteiger partial charge in [0.2, 0.25) is 5.91 Å². The number of nitrogens with zero attached hydrogens (tertiary/aromatic N) is 2. The number of Topliss-reactive ketones (excluding diaryl/α,β-unsaturated/α-hetero) is 1. The molecule has 140 valence electrons. The maximum absolute atomic E-state index is 12.6. The number of ketones is 1. The van der Waals surface area contributed by atoms with Gasteiger partial charge < -0.3 is 9.88 Å². The number of aryl methyl sites for hydroxylation is 2. The SMILES string of the molecule is CCn1c(C)cc(C(=O)CN(C)CC(=O)Nc2cccc(C)c2C)c1C. The molecule has 5 heteroatoms. The van der Waals surface area contributed by atoms with Crippen molar-refractivity contribution in [2.45, 2.75) is 41.2 Å². The summed E-state index contributed by atoms with van der Waals surface area (Å²) in [5.74, 6) is -0.0760. The average molecular weight is 355 g/mol. The summed E-state index contributed by atoms with van der Waals surface area (Å²) < 4.78 is 2.13. The van der Waals surface area contributed by atoms with E-state index in [0.717, 1.165) is 40.3 Å². The normalized spacial score (nSPS) is 11.0. The summed E-state index contributed by atoms with van der Waals surface area (Å²) in [7, 11) is 1.79. The summed E-state index contributed by atoms with van der Waals surface area (Å²) in [5.41, 5.74) is 5.84. The number of rotatable bonds is 7. The highest BCUT2D eigenvalue weighted by atomic mass is 16.2. The molecule has 0 bridgehead atoms. The van der Waals surface area contributed by atoms with E-state index in [1.54, 1.807) is 11.9 Å². The molecule has 5 nitrogen and oxygen atoms in total. The highest BCUT2D eigenvalue weighted by Gasteiger charge is 2.18. The second-order valence-corrected chi connectivity index (χ2v) is 6.92. The molecule has 0 saturated carbocycles. The number of carbonyl (C=O) groups excluding carboxylic acids is 2. The quantitative estimate of drug-likeness (QED) is 0.774. The lowest BCUT2D eigenvalue weighted by atomic mass is 10.1. The van der Waals surface area contributed by atoms with Gasteiger partial charge in [-0.25, -0.2) is 0 Å². The predicted molar refractivity (Wildman–Crippen MR) is 106 cm³/mol. The van der Waals surface area contributed by atoms with Crippen molar-refractivity contribution in [3.05, 3.63) is 52.3 Å². The monoisotopic (exact) mass is 355 g/mol. The van der Waals surface area contributed by atoms with Gasteiger partial charge in [-0.2, -0.15) is 0 Å². The number of carbonyl (C=O) groups is 2. The summed E-state index contributed by atoms with van der Waals surface area (Å²) in [6, 6.07) is 7.77. The van der Waals surface area contributed by atoms with Gasteiger partial charge in [0.1, 0.15) is 0 Å². The summed E-state index contributed by atoms with van der Waals surface area (Å²) in [6.07, 6.45) is 0. The molecule has 0 spiro atoms. The van der Waals surface area contributed by atoms with Crippen LogP contribution in [-0.2, 0) is 11.3 Å². The third kappa shape index (κ3) is 4.41. The second kappa shape index (κ2) is 8.32. The van der Waals surface area contributed by atoms with Crippen molar-refractivity contribution in [1.82, 2.24) is 9.47 Å². The Labute approximate surface area is 156 Å². The zero-order chi connectivity index (χ0) is 19.4. The average Bonchev–Trinajstić information content (AvgIpc) is 2.85. The van der Waals surface area contributed by atoms with Gasteiger partial charge in [0.25, 0.3) is 0 Å². The van der Waals surface area contributed by atoms with Gasteiger partial charge in [-0.3, -0.25) is 14.5 Å². The largest absolute Gasteiger partial charge is 0.349 e. The molecule has 0 aliphatic rings. The number of hydrogen-bond donors (Lipinski definition) is 1. The fourth-order valence-corrected chi connectivity index (χ4v) is 3.28. The van der Waals surface area contributed by atoms with Crippen molar-refractivity contribution < 1.29 is 9.59 Å². The van der Waals surface area contributed by atoms with Gasteiger partial charge in [-0.15, -0.1) is 0 Å². The number of likely N-dealkylation sites (N-methyl/N-ethyl adjacent to an activating group) is 1. The van der Waals surface area contributed by atoms with E-state index in [2.05, 4.69) is 16.8 Å². The van der Waals surface area contributed by atoms with Crippen molar-refractivity contribution in [2.24, 2.45) is 0 Å². The van der Waals surface area contributed by atoms with Crippen LogP contribution in [0.25, 0.3) is 0 Å². The molecule has 2 aromatic rings. The van der Waals surface area contributed by atoms with Gasteiger partial charge in [0, 0.05) is 29.2 Å². The van der Waals surface area contributed by atoms with Crippen LogP contribution in [0.5, 0.6) is 0 Å². The lowest BCUT2D eigenvalue weighted by Gasteiger charge is -2.16. The van der Waals surface area contributed by atoms with Crippen LogP contribution in [0.4, 0.5) is 5.69 Å². The van der Waals surface area contributed by atoms with Crippen LogP contribution in [0, 0.1) is 27.7 Å². The van der Waals surface area contributed by atoms with Crippen molar-refractivity contribution in [3.63, 3.8) is 0 Å². The van der Waals surface area contributed by atoms with Crippen LogP contribution in [-0.4, -0.2) is 41.3 Å². The minimum Gasteiger partial charge on any atom is -0.349 e. The fourth-order valence-electron chi connectivity index (χ4n) is 3.28. The Morgan fingerprint density at radius 2 is 1.81 bits per heavy atom. The third-order valence-corrected chi connectivity index (χ3v) is 4.90. The molecule has 2 rings (SSSR count). The van der Waals surface area contributed by atoms with Crippen molar-refractivity contribution in [1.29, 1.82) is 0 Å². The molecule has 0 radical (unpaired) electrons. The van der Waals surface area contributed by atoms with E-state index in [0.29, 0.717) is 0 Å².